The number of fused-ring (bicyclic) bond motifs is 1. The topological polar surface area (TPSA) is 12.0 Å². The Hall–Kier alpha value is -1.81. The Morgan fingerprint density at radius 2 is 1.52 bits per heavy atom. The van der Waals surface area contributed by atoms with Crippen LogP contribution in [-0.2, 0) is 12.8 Å². The van der Waals surface area contributed by atoms with Crippen molar-refractivity contribution < 1.29 is 13.2 Å². The van der Waals surface area contributed by atoms with E-state index in [-0.39, 0.29) is 17.5 Å². The van der Waals surface area contributed by atoms with Gasteiger partial charge in [0.05, 0.1) is 0 Å². The molecule has 0 bridgehead atoms. The Morgan fingerprint density at radius 1 is 0.952 bits per heavy atom. The van der Waals surface area contributed by atoms with Crippen LogP contribution in [0.1, 0.15) is 22.7 Å². The fourth-order valence-electron chi connectivity index (χ4n) is 3.25. The van der Waals surface area contributed by atoms with E-state index in [1.807, 2.05) is 12.1 Å². The van der Waals surface area contributed by atoms with Crippen molar-refractivity contribution in [1.29, 1.82) is 0 Å². The molecular formula is C17H16F3N. The second-order valence-corrected chi connectivity index (χ2v) is 5.49. The predicted octanol–water partition coefficient (Wildman–Crippen LogP) is 3.78. The number of halogens is 3. The predicted molar refractivity (Wildman–Crippen MR) is 75.5 cm³/mol. The van der Waals surface area contributed by atoms with Crippen LogP contribution < -0.4 is 5.32 Å². The van der Waals surface area contributed by atoms with E-state index in [1.165, 1.54) is 11.1 Å². The summed E-state index contributed by atoms with van der Waals surface area (Å²) < 4.78 is 40.5. The third-order valence-electron chi connectivity index (χ3n) is 4.24. The molecule has 2 aromatic carbocycles. The molecule has 0 aromatic heterocycles. The minimum Gasteiger partial charge on any atom is -0.313 e. The Kier molecular flexibility index (Phi) is 3.72. The minimum absolute atomic E-state index is 0.131. The van der Waals surface area contributed by atoms with Gasteiger partial charge in [-0.2, -0.15) is 0 Å². The first kappa shape index (κ1) is 14.1. The molecule has 0 saturated carbocycles. The summed E-state index contributed by atoms with van der Waals surface area (Å²) in [4.78, 5) is 0. The average molecular weight is 291 g/mol. The van der Waals surface area contributed by atoms with Crippen LogP contribution in [0, 0.1) is 23.4 Å². The van der Waals surface area contributed by atoms with Gasteiger partial charge in [0.15, 0.2) is 11.6 Å². The smallest absolute Gasteiger partial charge is 0.161 e. The van der Waals surface area contributed by atoms with Crippen molar-refractivity contribution in [1.82, 2.24) is 5.32 Å². The van der Waals surface area contributed by atoms with Crippen molar-refractivity contribution in [3.05, 3.63) is 70.5 Å². The van der Waals surface area contributed by atoms with Crippen LogP contribution in [0.4, 0.5) is 13.2 Å². The van der Waals surface area contributed by atoms with E-state index in [4.69, 9.17) is 0 Å². The monoisotopic (exact) mass is 291 g/mol. The molecule has 2 aromatic rings. The molecule has 0 heterocycles. The molecule has 0 amide bonds. The average Bonchev–Trinajstić information content (AvgIpc) is 2.88. The van der Waals surface area contributed by atoms with Gasteiger partial charge < -0.3 is 5.32 Å². The molecule has 21 heavy (non-hydrogen) atoms. The molecule has 0 fully saturated rings. The maximum Gasteiger partial charge on any atom is 0.161 e. The second-order valence-electron chi connectivity index (χ2n) is 5.49. The van der Waals surface area contributed by atoms with E-state index < -0.39 is 17.5 Å². The summed E-state index contributed by atoms with van der Waals surface area (Å²) in [7, 11) is 1.72. The van der Waals surface area contributed by atoms with Crippen molar-refractivity contribution in [2.45, 2.75) is 18.9 Å². The highest BCUT2D eigenvalue weighted by Crippen LogP contribution is 2.36. The highest BCUT2D eigenvalue weighted by molar-refractivity contribution is 5.34. The van der Waals surface area contributed by atoms with Gasteiger partial charge in [-0.3, -0.25) is 0 Å². The first-order valence-electron chi connectivity index (χ1n) is 6.98. The van der Waals surface area contributed by atoms with Crippen molar-refractivity contribution in [2.75, 3.05) is 7.05 Å². The zero-order chi connectivity index (χ0) is 15.0. The largest absolute Gasteiger partial charge is 0.313 e. The number of benzene rings is 2. The van der Waals surface area contributed by atoms with Crippen LogP contribution in [0.15, 0.2) is 36.4 Å². The fraction of sp³-hybridized carbons (Fsp3) is 0.294. The summed E-state index contributed by atoms with van der Waals surface area (Å²) >= 11 is 0. The molecule has 3 rings (SSSR count). The summed E-state index contributed by atoms with van der Waals surface area (Å²) in [6.45, 7) is 0. The molecule has 0 spiro atoms. The summed E-state index contributed by atoms with van der Waals surface area (Å²) in [5, 5.41) is 3.05. The van der Waals surface area contributed by atoms with Crippen molar-refractivity contribution in [2.24, 2.45) is 5.92 Å². The lowest BCUT2D eigenvalue weighted by Gasteiger charge is -2.24. The minimum atomic E-state index is -1.15. The van der Waals surface area contributed by atoms with Crippen LogP contribution in [-0.4, -0.2) is 7.05 Å². The third kappa shape index (κ3) is 2.56. The summed E-state index contributed by atoms with van der Waals surface area (Å²) in [5.74, 6) is -2.74. The molecule has 0 radical (unpaired) electrons. The van der Waals surface area contributed by atoms with E-state index in [2.05, 4.69) is 17.4 Å². The van der Waals surface area contributed by atoms with Crippen LogP contribution in [0.5, 0.6) is 0 Å². The molecule has 1 N–H and O–H groups in total. The zero-order valence-electron chi connectivity index (χ0n) is 11.7. The first-order chi connectivity index (χ1) is 10.1. The van der Waals surface area contributed by atoms with Crippen LogP contribution in [0.2, 0.25) is 0 Å². The van der Waals surface area contributed by atoms with E-state index in [1.54, 1.807) is 7.05 Å². The van der Waals surface area contributed by atoms with Gasteiger partial charge in [0.2, 0.25) is 0 Å². The maximum atomic E-state index is 14.0. The summed E-state index contributed by atoms with van der Waals surface area (Å²) in [5.41, 5.74) is 2.67. The van der Waals surface area contributed by atoms with Gasteiger partial charge in [-0.25, -0.2) is 13.2 Å². The molecule has 4 heteroatoms. The Morgan fingerprint density at radius 3 is 2.10 bits per heavy atom. The number of hydrogen-bond donors (Lipinski definition) is 1. The number of hydrogen-bond acceptors (Lipinski definition) is 1. The molecule has 1 unspecified atom stereocenters. The highest BCUT2D eigenvalue weighted by atomic mass is 19.2. The molecule has 1 nitrogen and oxygen atoms in total. The Bertz CT molecular complexity index is 644. The lowest BCUT2D eigenvalue weighted by molar-refractivity contribution is 0.378. The quantitative estimate of drug-likeness (QED) is 0.849. The Labute approximate surface area is 121 Å². The van der Waals surface area contributed by atoms with Gasteiger partial charge >= 0.3 is 0 Å². The standard InChI is InChI=1S/C17H16F3N/c1-21-17(13-8-15(19)16(20)9-14(13)18)12-6-10-4-2-3-5-11(10)7-12/h2-5,8-9,12,17,21H,6-7H2,1H3. The van der Waals surface area contributed by atoms with Gasteiger partial charge in [-0.1, -0.05) is 24.3 Å². The SMILES string of the molecule is CNC(c1cc(F)c(F)cc1F)C1Cc2ccccc2C1. The van der Waals surface area contributed by atoms with Crippen LogP contribution in [0.25, 0.3) is 0 Å². The highest BCUT2D eigenvalue weighted by Gasteiger charge is 2.30. The van der Waals surface area contributed by atoms with Crippen molar-refractivity contribution in [3.8, 4) is 0 Å². The normalized spacial score (nSPS) is 16.0. The molecular weight excluding hydrogens is 275 g/mol. The lowest BCUT2D eigenvalue weighted by Crippen LogP contribution is -2.27. The number of nitrogens with one attached hydrogen (secondary N) is 1. The van der Waals surface area contributed by atoms with Gasteiger partial charge in [0, 0.05) is 17.7 Å². The fourth-order valence-corrected chi connectivity index (χ4v) is 3.25. The van der Waals surface area contributed by atoms with E-state index >= 15 is 0 Å². The third-order valence-corrected chi connectivity index (χ3v) is 4.24. The van der Waals surface area contributed by atoms with Gasteiger partial charge in [-0.05, 0) is 43.0 Å². The first-order valence-corrected chi connectivity index (χ1v) is 6.98. The van der Waals surface area contributed by atoms with Crippen LogP contribution in [0.3, 0.4) is 0 Å². The van der Waals surface area contributed by atoms with Crippen molar-refractivity contribution in [3.63, 3.8) is 0 Å². The Balaban J connectivity index is 1.92. The van der Waals surface area contributed by atoms with E-state index in [9.17, 15) is 13.2 Å². The second kappa shape index (κ2) is 5.53. The molecule has 1 aliphatic carbocycles. The molecule has 0 saturated heterocycles. The molecule has 110 valence electrons. The molecule has 1 atom stereocenters. The zero-order valence-corrected chi connectivity index (χ0v) is 11.7. The van der Waals surface area contributed by atoms with Gasteiger partial charge in [-0.15, -0.1) is 0 Å². The molecule has 0 aliphatic heterocycles. The molecule has 1 aliphatic rings. The van der Waals surface area contributed by atoms with Gasteiger partial charge in [0.1, 0.15) is 5.82 Å². The number of rotatable bonds is 3. The summed E-state index contributed by atoms with van der Waals surface area (Å²) in [6.07, 6.45) is 1.61. The lowest BCUT2D eigenvalue weighted by atomic mass is 9.90. The van der Waals surface area contributed by atoms with E-state index in [0.29, 0.717) is 6.07 Å². The summed E-state index contributed by atoms with van der Waals surface area (Å²) in [6, 6.07) is 9.33. The van der Waals surface area contributed by atoms with Gasteiger partial charge in [0.25, 0.3) is 0 Å². The van der Waals surface area contributed by atoms with Crippen LogP contribution >= 0.6 is 0 Å². The van der Waals surface area contributed by atoms with Crippen molar-refractivity contribution >= 4 is 0 Å². The van der Waals surface area contributed by atoms with E-state index in [0.717, 1.165) is 18.9 Å². The maximum absolute atomic E-state index is 14.0.